The number of aromatic nitrogens is 2. The molecule has 0 saturated carbocycles. The van der Waals surface area contributed by atoms with Crippen molar-refractivity contribution in [2.75, 3.05) is 25.6 Å². The number of hydrogen-bond donors (Lipinski definition) is 1. The normalized spacial score (nSPS) is 19.6. The molecule has 1 aliphatic heterocycles. The molecule has 1 N–H and O–H groups in total. The van der Waals surface area contributed by atoms with E-state index in [1.165, 1.54) is 11.3 Å². The van der Waals surface area contributed by atoms with Crippen LogP contribution in [0.2, 0.25) is 0 Å². The first-order valence-electron chi connectivity index (χ1n) is 8.21. The molecule has 0 aliphatic carbocycles. The second-order valence-electron chi connectivity index (χ2n) is 6.89. The van der Waals surface area contributed by atoms with Crippen LogP contribution >= 0.6 is 11.3 Å². The zero-order chi connectivity index (χ0) is 17.9. The molecular formula is C16H26N4O3S. The number of methoxy groups -OCH3 is 1. The Labute approximate surface area is 146 Å². The fourth-order valence-electron chi connectivity index (χ4n) is 2.57. The molecule has 2 heterocycles. The van der Waals surface area contributed by atoms with Crippen LogP contribution in [-0.4, -0.2) is 53.2 Å². The molecule has 24 heavy (non-hydrogen) atoms. The second-order valence-corrected chi connectivity index (χ2v) is 7.87. The molecule has 2 atom stereocenters. The summed E-state index contributed by atoms with van der Waals surface area (Å²) in [7, 11) is 1.60. The third-order valence-corrected chi connectivity index (χ3v) is 5.79. The molecule has 0 spiro atoms. The van der Waals surface area contributed by atoms with Gasteiger partial charge in [0.2, 0.25) is 16.9 Å². The maximum Gasteiger partial charge on any atom is 0.231 e. The van der Waals surface area contributed by atoms with E-state index in [1.807, 2.05) is 6.92 Å². The van der Waals surface area contributed by atoms with Gasteiger partial charge in [-0.05, 0) is 13.3 Å². The van der Waals surface area contributed by atoms with Gasteiger partial charge in [0, 0.05) is 25.5 Å². The van der Waals surface area contributed by atoms with E-state index in [0.29, 0.717) is 18.3 Å². The van der Waals surface area contributed by atoms with Crippen molar-refractivity contribution in [3.05, 3.63) is 5.01 Å². The lowest BCUT2D eigenvalue weighted by Crippen LogP contribution is -2.38. The van der Waals surface area contributed by atoms with Crippen molar-refractivity contribution in [3.63, 3.8) is 0 Å². The summed E-state index contributed by atoms with van der Waals surface area (Å²) in [6, 6.07) is -0.0289. The van der Waals surface area contributed by atoms with Crippen molar-refractivity contribution in [1.29, 1.82) is 0 Å². The van der Waals surface area contributed by atoms with Gasteiger partial charge in [0.25, 0.3) is 0 Å². The third-order valence-electron chi connectivity index (χ3n) is 4.59. The largest absolute Gasteiger partial charge is 0.383 e. The number of anilines is 1. The molecule has 2 rings (SSSR count). The zero-order valence-electron chi connectivity index (χ0n) is 15.0. The Morgan fingerprint density at radius 3 is 2.83 bits per heavy atom. The number of hydrogen-bond acceptors (Lipinski definition) is 6. The minimum absolute atomic E-state index is 0.00947. The van der Waals surface area contributed by atoms with Gasteiger partial charge in [-0.2, -0.15) is 0 Å². The van der Waals surface area contributed by atoms with Crippen molar-refractivity contribution < 1.29 is 14.3 Å². The highest BCUT2D eigenvalue weighted by Crippen LogP contribution is 2.31. The van der Waals surface area contributed by atoms with Crippen LogP contribution in [0.1, 0.15) is 45.5 Å². The maximum absolute atomic E-state index is 12.4. The van der Waals surface area contributed by atoms with Crippen molar-refractivity contribution >= 4 is 28.3 Å². The highest BCUT2D eigenvalue weighted by molar-refractivity contribution is 7.15. The summed E-state index contributed by atoms with van der Waals surface area (Å²) in [5.41, 5.74) is -0.0592. The Morgan fingerprint density at radius 2 is 2.21 bits per heavy atom. The highest BCUT2D eigenvalue weighted by Gasteiger charge is 2.37. The SMILES string of the molecule is CCC(C)(C)c1nnc(NC(=O)[C@@H]2CC(=O)N([C@@H](C)COC)C2)s1. The molecule has 1 fully saturated rings. The number of rotatable bonds is 7. The molecule has 1 aromatic heterocycles. The van der Waals surface area contributed by atoms with Crippen LogP contribution < -0.4 is 5.32 Å². The standard InChI is InChI=1S/C16H26N4O3S/c1-6-16(3,4)14-18-19-15(24-14)17-13(22)11-7-12(21)20(8-11)10(2)9-23-5/h10-11H,6-9H2,1-5H3,(H,17,19,22)/t10-,11+/m0/s1. The summed E-state index contributed by atoms with van der Waals surface area (Å²) in [4.78, 5) is 26.2. The summed E-state index contributed by atoms with van der Waals surface area (Å²) in [5.74, 6) is -0.541. The van der Waals surface area contributed by atoms with Gasteiger partial charge >= 0.3 is 0 Å². The van der Waals surface area contributed by atoms with Gasteiger partial charge in [-0.15, -0.1) is 10.2 Å². The van der Waals surface area contributed by atoms with Gasteiger partial charge in [0.15, 0.2) is 0 Å². The fraction of sp³-hybridized carbons (Fsp3) is 0.750. The second kappa shape index (κ2) is 7.57. The van der Waals surface area contributed by atoms with Gasteiger partial charge in [0.1, 0.15) is 5.01 Å². The van der Waals surface area contributed by atoms with E-state index in [2.05, 4.69) is 36.3 Å². The molecular weight excluding hydrogens is 328 g/mol. The van der Waals surface area contributed by atoms with Crippen LogP contribution in [0.15, 0.2) is 0 Å². The molecule has 7 nitrogen and oxygen atoms in total. The van der Waals surface area contributed by atoms with Crippen molar-refractivity contribution in [2.45, 2.75) is 52.0 Å². The van der Waals surface area contributed by atoms with Crippen LogP contribution in [0.3, 0.4) is 0 Å². The average molecular weight is 354 g/mol. The Hall–Kier alpha value is -1.54. The van der Waals surface area contributed by atoms with Crippen molar-refractivity contribution in [2.24, 2.45) is 5.92 Å². The predicted molar refractivity (Wildman–Crippen MR) is 93.0 cm³/mol. The molecule has 0 aromatic carbocycles. The summed E-state index contributed by atoms with van der Waals surface area (Å²) in [6.45, 7) is 9.10. The van der Waals surface area contributed by atoms with E-state index in [0.717, 1.165) is 11.4 Å². The molecule has 0 unspecified atom stereocenters. The highest BCUT2D eigenvalue weighted by atomic mass is 32.1. The number of carbonyl (C=O) groups excluding carboxylic acids is 2. The Morgan fingerprint density at radius 1 is 1.50 bits per heavy atom. The predicted octanol–water partition coefficient (Wildman–Crippen LogP) is 2.05. The van der Waals surface area contributed by atoms with Gasteiger partial charge in [-0.25, -0.2) is 0 Å². The molecule has 8 heteroatoms. The molecule has 1 saturated heterocycles. The Kier molecular flexibility index (Phi) is 5.92. The molecule has 0 radical (unpaired) electrons. The van der Waals surface area contributed by atoms with E-state index in [-0.39, 0.29) is 35.6 Å². The van der Waals surface area contributed by atoms with Gasteiger partial charge < -0.3 is 15.0 Å². The Balaban J connectivity index is 1.97. The first kappa shape index (κ1) is 18.8. The van der Waals surface area contributed by atoms with Crippen LogP contribution in [-0.2, 0) is 19.7 Å². The topological polar surface area (TPSA) is 84.4 Å². The van der Waals surface area contributed by atoms with Crippen LogP contribution in [0, 0.1) is 5.92 Å². The van der Waals surface area contributed by atoms with Gasteiger partial charge in [-0.3, -0.25) is 9.59 Å². The number of ether oxygens (including phenoxy) is 1. The van der Waals surface area contributed by atoms with Crippen LogP contribution in [0.25, 0.3) is 0 Å². The van der Waals surface area contributed by atoms with Crippen molar-refractivity contribution in [3.8, 4) is 0 Å². The maximum atomic E-state index is 12.4. The van der Waals surface area contributed by atoms with E-state index in [4.69, 9.17) is 4.74 Å². The van der Waals surface area contributed by atoms with Gasteiger partial charge in [0.05, 0.1) is 18.6 Å². The van der Waals surface area contributed by atoms with E-state index in [1.54, 1.807) is 12.0 Å². The number of carbonyl (C=O) groups is 2. The summed E-state index contributed by atoms with van der Waals surface area (Å²) in [6.07, 6.45) is 1.17. The lowest BCUT2D eigenvalue weighted by Gasteiger charge is -2.23. The van der Waals surface area contributed by atoms with Crippen LogP contribution in [0.4, 0.5) is 5.13 Å². The molecule has 1 aliphatic rings. The zero-order valence-corrected chi connectivity index (χ0v) is 15.8. The lowest BCUT2D eigenvalue weighted by molar-refractivity contribution is -0.130. The van der Waals surface area contributed by atoms with Gasteiger partial charge in [-0.1, -0.05) is 32.1 Å². The summed E-state index contributed by atoms with van der Waals surface area (Å²) >= 11 is 1.39. The number of nitrogens with zero attached hydrogens (tertiary/aromatic N) is 3. The number of likely N-dealkylation sites (tertiary alicyclic amines) is 1. The molecule has 2 amide bonds. The van der Waals surface area contributed by atoms with E-state index in [9.17, 15) is 9.59 Å². The molecule has 0 bridgehead atoms. The first-order valence-corrected chi connectivity index (χ1v) is 9.03. The molecule has 134 valence electrons. The summed E-state index contributed by atoms with van der Waals surface area (Å²) in [5, 5.41) is 12.4. The number of amides is 2. The fourth-order valence-corrected chi connectivity index (χ4v) is 3.49. The number of nitrogens with one attached hydrogen (secondary N) is 1. The minimum atomic E-state index is -0.358. The van der Waals surface area contributed by atoms with E-state index >= 15 is 0 Å². The minimum Gasteiger partial charge on any atom is -0.383 e. The first-order chi connectivity index (χ1) is 11.3. The quantitative estimate of drug-likeness (QED) is 0.810. The smallest absolute Gasteiger partial charge is 0.231 e. The van der Waals surface area contributed by atoms with Crippen molar-refractivity contribution in [1.82, 2.24) is 15.1 Å². The monoisotopic (exact) mass is 354 g/mol. The lowest BCUT2D eigenvalue weighted by atomic mass is 9.91. The van der Waals surface area contributed by atoms with Crippen LogP contribution in [0.5, 0.6) is 0 Å². The third kappa shape index (κ3) is 4.10. The van der Waals surface area contributed by atoms with E-state index < -0.39 is 0 Å². The average Bonchev–Trinajstić information content (AvgIpc) is 3.14. The molecule has 1 aromatic rings. The summed E-state index contributed by atoms with van der Waals surface area (Å²) < 4.78 is 5.09. The Bertz CT molecular complexity index is 602.